The Morgan fingerprint density at radius 2 is 2.05 bits per heavy atom. The van der Waals surface area contributed by atoms with Crippen molar-refractivity contribution >= 4 is 11.3 Å². The second-order valence-electron chi connectivity index (χ2n) is 4.61. The van der Waals surface area contributed by atoms with E-state index in [4.69, 9.17) is 10.00 Å². The molecule has 0 aliphatic heterocycles. The lowest BCUT2D eigenvalue weighted by atomic mass is 10.2. The lowest BCUT2D eigenvalue weighted by molar-refractivity contribution is 0.362. The lowest BCUT2D eigenvalue weighted by Gasteiger charge is -2.09. The molecule has 2 rings (SSSR count). The molecule has 1 aromatic carbocycles. The Morgan fingerprint density at radius 1 is 1.25 bits per heavy atom. The quantitative estimate of drug-likeness (QED) is 0.883. The van der Waals surface area contributed by atoms with Crippen LogP contribution in [0.25, 0.3) is 0 Å². The minimum Gasteiger partial charge on any atom is -0.478 e. The molecule has 0 atom stereocenters. The Kier molecular flexibility index (Phi) is 5.16. The number of hydrogen-bond acceptors (Lipinski definition) is 4. The molecule has 4 heteroatoms. The van der Waals surface area contributed by atoms with Gasteiger partial charge >= 0.3 is 0 Å². The van der Waals surface area contributed by atoms with E-state index in [1.807, 2.05) is 41.7 Å². The first-order valence-electron chi connectivity index (χ1n) is 6.55. The van der Waals surface area contributed by atoms with Crippen molar-refractivity contribution in [1.82, 2.24) is 5.32 Å². The SMILES string of the molecule is Cc1cc(CNCc2ccccc2OCC#N)sc1C. The van der Waals surface area contributed by atoms with Crippen LogP contribution in [0.3, 0.4) is 0 Å². The highest BCUT2D eigenvalue weighted by molar-refractivity contribution is 7.12. The second-order valence-corrected chi connectivity index (χ2v) is 5.95. The highest BCUT2D eigenvalue weighted by Gasteiger charge is 2.04. The van der Waals surface area contributed by atoms with E-state index in [2.05, 4.69) is 25.2 Å². The Morgan fingerprint density at radius 3 is 2.75 bits per heavy atom. The summed E-state index contributed by atoms with van der Waals surface area (Å²) in [4.78, 5) is 2.72. The molecule has 0 unspecified atom stereocenters. The van der Waals surface area contributed by atoms with E-state index in [-0.39, 0.29) is 6.61 Å². The van der Waals surface area contributed by atoms with Crippen LogP contribution in [0, 0.1) is 25.2 Å². The number of nitriles is 1. The summed E-state index contributed by atoms with van der Waals surface area (Å²) in [6, 6.07) is 12.0. The fraction of sp³-hybridized carbons (Fsp3) is 0.312. The normalized spacial score (nSPS) is 10.2. The van der Waals surface area contributed by atoms with E-state index < -0.39 is 0 Å². The van der Waals surface area contributed by atoms with Gasteiger partial charge in [0.05, 0.1) is 0 Å². The molecular formula is C16H18N2OS. The van der Waals surface area contributed by atoms with Crippen LogP contribution in [0.1, 0.15) is 20.9 Å². The van der Waals surface area contributed by atoms with E-state index >= 15 is 0 Å². The van der Waals surface area contributed by atoms with Crippen molar-refractivity contribution in [1.29, 1.82) is 5.26 Å². The van der Waals surface area contributed by atoms with Gasteiger partial charge in [0.2, 0.25) is 0 Å². The van der Waals surface area contributed by atoms with E-state index in [1.165, 1.54) is 15.3 Å². The minimum absolute atomic E-state index is 0.0837. The largest absolute Gasteiger partial charge is 0.478 e. The van der Waals surface area contributed by atoms with Crippen molar-refractivity contribution in [2.45, 2.75) is 26.9 Å². The third kappa shape index (κ3) is 3.83. The lowest BCUT2D eigenvalue weighted by Crippen LogP contribution is -2.13. The molecule has 1 N–H and O–H groups in total. The van der Waals surface area contributed by atoms with Crippen molar-refractivity contribution in [3.8, 4) is 11.8 Å². The van der Waals surface area contributed by atoms with Crippen molar-refractivity contribution in [3.05, 3.63) is 51.2 Å². The molecule has 0 spiro atoms. The zero-order chi connectivity index (χ0) is 14.4. The summed E-state index contributed by atoms with van der Waals surface area (Å²) in [5, 5.41) is 12.0. The van der Waals surface area contributed by atoms with Crippen molar-refractivity contribution in [2.24, 2.45) is 0 Å². The van der Waals surface area contributed by atoms with E-state index in [0.29, 0.717) is 0 Å². The Balaban J connectivity index is 1.92. The highest BCUT2D eigenvalue weighted by Crippen LogP contribution is 2.21. The standard InChI is InChI=1S/C16H18N2OS/c1-12-9-15(20-13(12)2)11-18-10-14-5-3-4-6-16(14)19-8-7-17/h3-6,9,18H,8,10-11H2,1-2H3. The molecule has 0 bridgehead atoms. The van der Waals surface area contributed by atoms with Crippen LogP contribution in [0.15, 0.2) is 30.3 Å². The van der Waals surface area contributed by atoms with Gasteiger partial charge in [0.25, 0.3) is 0 Å². The first-order chi connectivity index (χ1) is 9.70. The monoisotopic (exact) mass is 286 g/mol. The molecule has 0 fully saturated rings. The average molecular weight is 286 g/mol. The molecule has 1 aromatic heterocycles. The number of nitrogens with zero attached hydrogens (tertiary/aromatic N) is 1. The predicted molar refractivity (Wildman–Crippen MR) is 81.9 cm³/mol. The zero-order valence-electron chi connectivity index (χ0n) is 11.8. The molecule has 0 radical (unpaired) electrons. The van der Waals surface area contributed by atoms with Gasteiger partial charge in [-0.15, -0.1) is 11.3 Å². The molecule has 104 valence electrons. The first kappa shape index (κ1) is 14.6. The van der Waals surface area contributed by atoms with Gasteiger partial charge in [0, 0.05) is 28.4 Å². The number of benzene rings is 1. The van der Waals surface area contributed by atoms with Gasteiger partial charge in [-0.2, -0.15) is 5.26 Å². The smallest absolute Gasteiger partial charge is 0.174 e. The van der Waals surface area contributed by atoms with Gasteiger partial charge in [-0.05, 0) is 31.5 Å². The van der Waals surface area contributed by atoms with Crippen LogP contribution >= 0.6 is 11.3 Å². The molecule has 0 saturated carbocycles. The number of hydrogen-bond donors (Lipinski definition) is 1. The summed E-state index contributed by atoms with van der Waals surface area (Å²) in [5.74, 6) is 0.778. The minimum atomic E-state index is 0.0837. The molecule has 2 aromatic rings. The van der Waals surface area contributed by atoms with E-state index in [1.54, 1.807) is 0 Å². The van der Waals surface area contributed by atoms with Crippen LogP contribution in [-0.2, 0) is 13.1 Å². The zero-order valence-corrected chi connectivity index (χ0v) is 12.6. The first-order valence-corrected chi connectivity index (χ1v) is 7.36. The fourth-order valence-corrected chi connectivity index (χ4v) is 2.98. The van der Waals surface area contributed by atoms with Crippen LogP contribution < -0.4 is 10.1 Å². The van der Waals surface area contributed by atoms with Gasteiger partial charge in [0.15, 0.2) is 6.61 Å². The molecule has 0 amide bonds. The number of ether oxygens (including phenoxy) is 1. The van der Waals surface area contributed by atoms with Gasteiger partial charge in [-0.1, -0.05) is 18.2 Å². The van der Waals surface area contributed by atoms with Crippen LogP contribution in [0.4, 0.5) is 0 Å². The van der Waals surface area contributed by atoms with E-state index in [0.717, 1.165) is 24.4 Å². The van der Waals surface area contributed by atoms with Gasteiger partial charge in [-0.3, -0.25) is 0 Å². The third-order valence-corrected chi connectivity index (χ3v) is 4.25. The predicted octanol–water partition coefficient (Wildman–Crippen LogP) is 3.56. The summed E-state index contributed by atoms with van der Waals surface area (Å²) in [6.07, 6.45) is 0. The highest BCUT2D eigenvalue weighted by atomic mass is 32.1. The number of nitrogens with one attached hydrogen (secondary N) is 1. The summed E-state index contributed by atoms with van der Waals surface area (Å²) in [5.41, 5.74) is 2.43. The molecule has 1 heterocycles. The summed E-state index contributed by atoms with van der Waals surface area (Å²) >= 11 is 1.83. The molecule has 0 saturated heterocycles. The maximum absolute atomic E-state index is 8.58. The average Bonchev–Trinajstić information content (AvgIpc) is 2.76. The van der Waals surface area contributed by atoms with Crippen LogP contribution in [-0.4, -0.2) is 6.61 Å². The van der Waals surface area contributed by atoms with Gasteiger partial charge in [0.1, 0.15) is 11.8 Å². The fourth-order valence-electron chi connectivity index (χ4n) is 1.96. The summed E-state index contributed by atoms with van der Waals surface area (Å²) in [7, 11) is 0. The van der Waals surface area contributed by atoms with Gasteiger partial charge in [-0.25, -0.2) is 0 Å². The molecule has 0 aliphatic rings. The number of para-hydroxylation sites is 1. The topological polar surface area (TPSA) is 45.0 Å². The molecule has 20 heavy (non-hydrogen) atoms. The van der Waals surface area contributed by atoms with Crippen LogP contribution in [0.5, 0.6) is 5.75 Å². The number of aryl methyl sites for hydroxylation is 2. The Labute approximate surface area is 123 Å². The molecule has 3 nitrogen and oxygen atoms in total. The summed E-state index contributed by atoms with van der Waals surface area (Å²) < 4.78 is 5.41. The Hall–Kier alpha value is -1.83. The molecular weight excluding hydrogens is 268 g/mol. The van der Waals surface area contributed by atoms with Crippen molar-refractivity contribution in [3.63, 3.8) is 0 Å². The number of rotatable bonds is 6. The maximum atomic E-state index is 8.58. The third-order valence-electron chi connectivity index (χ3n) is 3.10. The summed E-state index contributed by atoms with van der Waals surface area (Å²) in [6.45, 7) is 5.96. The van der Waals surface area contributed by atoms with Crippen molar-refractivity contribution < 1.29 is 4.74 Å². The maximum Gasteiger partial charge on any atom is 0.174 e. The molecule has 0 aliphatic carbocycles. The van der Waals surface area contributed by atoms with E-state index in [9.17, 15) is 0 Å². The second kappa shape index (κ2) is 7.09. The van der Waals surface area contributed by atoms with Crippen LogP contribution in [0.2, 0.25) is 0 Å². The Bertz CT molecular complexity index is 594. The van der Waals surface area contributed by atoms with Crippen molar-refractivity contribution in [2.75, 3.05) is 6.61 Å². The van der Waals surface area contributed by atoms with Gasteiger partial charge < -0.3 is 10.1 Å². The number of thiophene rings is 1.